The summed E-state index contributed by atoms with van der Waals surface area (Å²) in [6.07, 6.45) is 0.660. The van der Waals surface area contributed by atoms with Crippen molar-refractivity contribution in [3.63, 3.8) is 0 Å². The highest BCUT2D eigenvalue weighted by molar-refractivity contribution is 5.94. The van der Waals surface area contributed by atoms with E-state index in [1.165, 1.54) is 12.5 Å². The van der Waals surface area contributed by atoms with Crippen LogP contribution in [0, 0.1) is 13.8 Å². The Morgan fingerprint density at radius 3 is 2.44 bits per heavy atom. The van der Waals surface area contributed by atoms with E-state index in [1.807, 2.05) is 50.2 Å². The third kappa shape index (κ3) is 5.08. The molecular weight excluding hydrogens is 316 g/mol. The van der Waals surface area contributed by atoms with Gasteiger partial charge < -0.3 is 15.4 Å². The highest BCUT2D eigenvalue weighted by Gasteiger charge is 2.08. The van der Waals surface area contributed by atoms with Crippen LogP contribution in [-0.4, -0.2) is 25.5 Å². The van der Waals surface area contributed by atoms with Crippen molar-refractivity contribution in [2.75, 3.05) is 19.0 Å². The zero-order valence-corrected chi connectivity index (χ0v) is 15.1. The maximum absolute atomic E-state index is 12.2. The van der Waals surface area contributed by atoms with Crippen molar-refractivity contribution >= 4 is 17.5 Å². The molecule has 0 radical (unpaired) electrons. The summed E-state index contributed by atoms with van der Waals surface area (Å²) in [4.78, 5) is 23.5. The second-order valence-electron chi connectivity index (χ2n) is 6.02. The molecule has 2 N–H and O–H groups in total. The van der Waals surface area contributed by atoms with Crippen molar-refractivity contribution in [1.82, 2.24) is 5.32 Å². The van der Waals surface area contributed by atoms with E-state index in [1.54, 1.807) is 7.11 Å². The Bertz CT molecular complexity index is 785. The molecule has 0 atom stereocenters. The molecule has 0 heterocycles. The van der Waals surface area contributed by atoms with E-state index in [-0.39, 0.29) is 11.8 Å². The lowest BCUT2D eigenvalue weighted by molar-refractivity contribution is -0.114. The van der Waals surface area contributed by atoms with E-state index in [2.05, 4.69) is 10.6 Å². The minimum absolute atomic E-state index is 0.0845. The van der Waals surface area contributed by atoms with Gasteiger partial charge in [0.25, 0.3) is 5.91 Å². The van der Waals surface area contributed by atoms with Gasteiger partial charge in [-0.15, -0.1) is 0 Å². The third-order valence-electron chi connectivity index (χ3n) is 4.04. The van der Waals surface area contributed by atoms with E-state index in [0.29, 0.717) is 30.0 Å². The number of anilines is 1. The first kappa shape index (κ1) is 18.5. The monoisotopic (exact) mass is 340 g/mol. The number of aryl methyl sites for hydroxylation is 2. The molecule has 5 nitrogen and oxygen atoms in total. The lowest BCUT2D eigenvalue weighted by Crippen LogP contribution is -2.25. The lowest BCUT2D eigenvalue weighted by Gasteiger charge is -2.12. The lowest BCUT2D eigenvalue weighted by atomic mass is 10.1. The molecule has 0 aromatic heterocycles. The highest BCUT2D eigenvalue weighted by Crippen LogP contribution is 2.25. The van der Waals surface area contributed by atoms with Gasteiger partial charge in [0.2, 0.25) is 5.91 Å². The summed E-state index contributed by atoms with van der Waals surface area (Å²) in [5.74, 6) is 0.371. The second kappa shape index (κ2) is 8.33. The van der Waals surface area contributed by atoms with Gasteiger partial charge in [-0.2, -0.15) is 0 Å². The van der Waals surface area contributed by atoms with Crippen LogP contribution in [0.3, 0.4) is 0 Å². The van der Waals surface area contributed by atoms with Crippen molar-refractivity contribution < 1.29 is 14.3 Å². The summed E-state index contributed by atoms with van der Waals surface area (Å²) in [5.41, 5.74) is 4.57. The quantitative estimate of drug-likeness (QED) is 0.848. The molecule has 0 fully saturated rings. The molecule has 0 saturated carbocycles. The van der Waals surface area contributed by atoms with Crippen LogP contribution in [0.4, 0.5) is 5.69 Å². The number of rotatable bonds is 6. The Labute approximate surface area is 148 Å². The maximum atomic E-state index is 12.2. The summed E-state index contributed by atoms with van der Waals surface area (Å²) in [6, 6.07) is 11.3. The summed E-state index contributed by atoms with van der Waals surface area (Å²) in [5, 5.41) is 5.68. The number of nitrogens with one attached hydrogen (secondary N) is 2. The molecule has 0 saturated heterocycles. The van der Waals surface area contributed by atoms with Crippen LogP contribution in [0.25, 0.3) is 0 Å². The van der Waals surface area contributed by atoms with Crippen molar-refractivity contribution in [2.24, 2.45) is 0 Å². The molecular formula is C20H24N2O3. The van der Waals surface area contributed by atoms with Crippen LogP contribution in [0.2, 0.25) is 0 Å². The van der Waals surface area contributed by atoms with Crippen LogP contribution in [-0.2, 0) is 11.2 Å². The molecule has 25 heavy (non-hydrogen) atoms. The van der Waals surface area contributed by atoms with Crippen molar-refractivity contribution in [3.8, 4) is 5.75 Å². The van der Waals surface area contributed by atoms with Crippen molar-refractivity contribution in [2.45, 2.75) is 27.2 Å². The average Bonchev–Trinajstić information content (AvgIpc) is 2.57. The van der Waals surface area contributed by atoms with Gasteiger partial charge in [0.15, 0.2) is 0 Å². The van der Waals surface area contributed by atoms with E-state index < -0.39 is 0 Å². The minimum atomic E-state index is -0.154. The van der Waals surface area contributed by atoms with Crippen LogP contribution in [0.15, 0.2) is 36.4 Å². The normalized spacial score (nSPS) is 10.2. The summed E-state index contributed by atoms with van der Waals surface area (Å²) in [6.45, 7) is 5.98. The molecule has 2 amide bonds. The molecule has 2 aromatic carbocycles. The van der Waals surface area contributed by atoms with E-state index in [4.69, 9.17) is 4.74 Å². The van der Waals surface area contributed by atoms with Crippen molar-refractivity contribution in [3.05, 3.63) is 58.7 Å². The predicted octanol–water partition coefficient (Wildman–Crippen LogP) is 3.24. The van der Waals surface area contributed by atoms with Crippen LogP contribution in [0.1, 0.15) is 34.0 Å². The topological polar surface area (TPSA) is 67.4 Å². The first-order chi connectivity index (χ1) is 11.9. The first-order valence-electron chi connectivity index (χ1n) is 8.20. The van der Waals surface area contributed by atoms with Crippen LogP contribution >= 0.6 is 0 Å². The van der Waals surface area contributed by atoms with E-state index >= 15 is 0 Å². The predicted molar refractivity (Wildman–Crippen MR) is 99.3 cm³/mol. The molecule has 2 aromatic rings. The summed E-state index contributed by atoms with van der Waals surface area (Å²) >= 11 is 0. The zero-order valence-electron chi connectivity index (χ0n) is 15.1. The number of hydrogen-bond donors (Lipinski definition) is 2. The molecule has 0 aliphatic carbocycles. The fourth-order valence-electron chi connectivity index (χ4n) is 2.50. The van der Waals surface area contributed by atoms with Gasteiger partial charge in [-0.3, -0.25) is 9.59 Å². The number of carbonyl (C=O) groups excluding carboxylic acids is 2. The average molecular weight is 340 g/mol. The molecule has 132 valence electrons. The Morgan fingerprint density at radius 1 is 1.04 bits per heavy atom. The van der Waals surface area contributed by atoms with Crippen molar-refractivity contribution in [1.29, 1.82) is 0 Å². The number of carbonyl (C=O) groups is 2. The molecule has 0 bridgehead atoms. The molecule has 0 spiro atoms. The van der Waals surface area contributed by atoms with E-state index in [0.717, 1.165) is 11.1 Å². The fraction of sp³-hybridized carbons (Fsp3) is 0.300. The SMILES string of the molecule is COc1ccc(CCNC(=O)c2ccc(C)c(C)c2)cc1NC(C)=O. The fourth-order valence-corrected chi connectivity index (χ4v) is 2.50. The smallest absolute Gasteiger partial charge is 0.251 e. The largest absolute Gasteiger partial charge is 0.495 e. The van der Waals surface area contributed by atoms with Gasteiger partial charge in [0.05, 0.1) is 12.8 Å². The number of benzene rings is 2. The Hall–Kier alpha value is -2.82. The van der Waals surface area contributed by atoms with Crippen LogP contribution in [0.5, 0.6) is 5.75 Å². The first-order valence-corrected chi connectivity index (χ1v) is 8.20. The molecule has 0 aliphatic heterocycles. The van der Waals surface area contributed by atoms with Gasteiger partial charge in [-0.25, -0.2) is 0 Å². The standard InChI is InChI=1S/C20H24N2O3/c1-13-5-7-17(11-14(13)2)20(24)21-10-9-16-6-8-19(25-4)18(12-16)22-15(3)23/h5-8,11-12H,9-10H2,1-4H3,(H,21,24)(H,22,23). The number of amides is 2. The Kier molecular flexibility index (Phi) is 6.17. The van der Waals surface area contributed by atoms with Gasteiger partial charge in [0, 0.05) is 19.0 Å². The third-order valence-corrected chi connectivity index (χ3v) is 4.04. The summed E-state index contributed by atoms with van der Waals surface area (Å²) < 4.78 is 5.24. The molecule has 0 aliphatic rings. The number of hydrogen-bond acceptors (Lipinski definition) is 3. The number of methoxy groups -OCH3 is 1. The van der Waals surface area contributed by atoms with Gasteiger partial charge in [-0.1, -0.05) is 12.1 Å². The zero-order chi connectivity index (χ0) is 18.4. The molecule has 2 rings (SSSR count). The Morgan fingerprint density at radius 2 is 1.80 bits per heavy atom. The summed E-state index contributed by atoms with van der Waals surface area (Å²) in [7, 11) is 1.56. The van der Waals surface area contributed by atoms with Gasteiger partial charge >= 0.3 is 0 Å². The molecule has 5 heteroatoms. The minimum Gasteiger partial charge on any atom is -0.495 e. The molecule has 0 unspecified atom stereocenters. The highest BCUT2D eigenvalue weighted by atomic mass is 16.5. The van der Waals surface area contributed by atoms with Crippen LogP contribution < -0.4 is 15.4 Å². The Balaban J connectivity index is 1.97. The number of ether oxygens (including phenoxy) is 1. The van der Waals surface area contributed by atoms with E-state index in [9.17, 15) is 9.59 Å². The van der Waals surface area contributed by atoms with Gasteiger partial charge in [-0.05, 0) is 61.2 Å². The second-order valence-corrected chi connectivity index (χ2v) is 6.02. The maximum Gasteiger partial charge on any atom is 0.251 e. The van der Waals surface area contributed by atoms with Gasteiger partial charge in [0.1, 0.15) is 5.75 Å².